The fourth-order valence-electron chi connectivity index (χ4n) is 4.11. The van der Waals surface area contributed by atoms with Gasteiger partial charge in [0.2, 0.25) is 0 Å². The number of benzene rings is 1. The van der Waals surface area contributed by atoms with Crippen LogP contribution in [0.4, 0.5) is 30.4 Å². The summed E-state index contributed by atoms with van der Waals surface area (Å²) in [5, 5.41) is 21.6. The molecule has 1 aromatic carbocycles. The van der Waals surface area contributed by atoms with Gasteiger partial charge in [-0.05, 0) is 43.7 Å². The van der Waals surface area contributed by atoms with Gasteiger partial charge in [-0.2, -0.15) is 18.3 Å². The number of nitrogens with zero attached hydrogens (tertiary/aromatic N) is 4. The number of aliphatic carboxylic acids is 1. The van der Waals surface area contributed by atoms with Crippen LogP contribution in [0.15, 0.2) is 36.7 Å². The molecule has 4 N–H and O–H groups in total. The Labute approximate surface area is 226 Å². The van der Waals surface area contributed by atoms with Gasteiger partial charge in [-0.3, -0.25) is 4.79 Å². The standard InChI is InChI=1S/C22H26ClN7O2.C2HF3O2/c23-18-12-16(29-8-10-32-11-9-29)3-4-19(18)27-22(31)17-14-25-30-7-5-20(28-21(17)30)26-15-2-1-6-24-13-15;3-2(4,5)1(6)7/h3-5,7,12,14-15,24H,1-2,6,8-11,13H2,(H,26,28)(H,27,31);(H,6,7)/t15-;/m1./s1. The molecule has 0 radical (unpaired) electrons. The maximum absolute atomic E-state index is 13.0. The zero-order valence-corrected chi connectivity index (χ0v) is 21.4. The number of alkyl halides is 3. The van der Waals surface area contributed by atoms with Crippen molar-refractivity contribution in [2.75, 3.05) is 54.9 Å². The normalized spacial score (nSPS) is 17.7. The minimum atomic E-state index is -5.08. The van der Waals surface area contributed by atoms with Crippen LogP contribution >= 0.6 is 11.6 Å². The molecule has 2 saturated heterocycles. The van der Waals surface area contributed by atoms with E-state index in [1.807, 2.05) is 30.5 Å². The molecule has 0 aliphatic carbocycles. The topological polar surface area (TPSA) is 133 Å². The van der Waals surface area contributed by atoms with Crippen LogP contribution < -0.4 is 20.9 Å². The monoisotopic (exact) mass is 569 g/mol. The molecule has 2 aliphatic heterocycles. The number of carbonyl (C=O) groups is 2. The summed E-state index contributed by atoms with van der Waals surface area (Å²) in [4.78, 5) is 28.8. The van der Waals surface area contributed by atoms with Crippen LogP contribution in [-0.4, -0.2) is 83.2 Å². The molecule has 1 amide bonds. The average Bonchev–Trinajstić information content (AvgIpc) is 3.34. The number of anilines is 3. The number of ether oxygens (including phenoxy) is 1. The number of morpholine rings is 1. The minimum absolute atomic E-state index is 0.301. The van der Waals surface area contributed by atoms with Gasteiger partial charge in [0.05, 0.1) is 30.1 Å². The summed E-state index contributed by atoms with van der Waals surface area (Å²) in [6, 6.07) is 7.85. The first kappa shape index (κ1) is 28.4. The van der Waals surface area contributed by atoms with E-state index < -0.39 is 12.1 Å². The Morgan fingerprint density at radius 3 is 2.59 bits per heavy atom. The number of hydrogen-bond acceptors (Lipinski definition) is 8. The zero-order chi connectivity index (χ0) is 28.0. The molecule has 15 heteroatoms. The van der Waals surface area contributed by atoms with Crippen LogP contribution in [0.25, 0.3) is 5.65 Å². The molecule has 2 aromatic heterocycles. The predicted octanol–water partition coefficient (Wildman–Crippen LogP) is 3.27. The van der Waals surface area contributed by atoms with Gasteiger partial charge < -0.3 is 30.7 Å². The lowest BCUT2D eigenvalue weighted by atomic mass is 10.1. The first-order valence-electron chi connectivity index (χ1n) is 12.2. The van der Waals surface area contributed by atoms with Crippen molar-refractivity contribution in [3.63, 3.8) is 0 Å². The molecule has 2 fully saturated rings. The molecule has 0 spiro atoms. The highest BCUT2D eigenvalue weighted by Crippen LogP contribution is 2.29. The number of aromatic nitrogens is 3. The molecular formula is C24H27ClF3N7O4. The first-order chi connectivity index (χ1) is 18.6. The second-order valence-electron chi connectivity index (χ2n) is 8.85. The summed E-state index contributed by atoms with van der Waals surface area (Å²) >= 11 is 6.48. The number of carboxylic acid groups (broad SMARTS) is 1. The summed E-state index contributed by atoms with van der Waals surface area (Å²) in [5.41, 5.74) is 2.46. The number of carboxylic acids is 1. The van der Waals surface area contributed by atoms with Crippen LogP contribution in [0.2, 0.25) is 5.02 Å². The highest BCUT2D eigenvalue weighted by molar-refractivity contribution is 6.34. The van der Waals surface area contributed by atoms with Crippen LogP contribution in [0.5, 0.6) is 0 Å². The lowest BCUT2D eigenvalue weighted by molar-refractivity contribution is -0.192. The summed E-state index contributed by atoms with van der Waals surface area (Å²) in [6.45, 7) is 5.00. The third-order valence-corrected chi connectivity index (χ3v) is 6.39. The summed E-state index contributed by atoms with van der Waals surface area (Å²) in [6.07, 6.45) is 0.470. The zero-order valence-electron chi connectivity index (χ0n) is 20.7. The molecule has 1 atom stereocenters. The van der Waals surface area contributed by atoms with Crippen molar-refractivity contribution in [3.05, 3.63) is 47.2 Å². The Hall–Kier alpha value is -3.62. The van der Waals surface area contributed by atoms with E-state index in [9.17, 15) is 18.0 Å². The van der Waals surface area contributed by atoms with E-state index >= 15 is 0 Å². The van der Waals surface area contributed by atoms with Crippen LogP contribution in [0.1, 0.15) is 23.2 Å². The Bertz CT molecular complexity index is 1310. The van der Waals surface area contributed by atoms with E-state index in [-0.39, 0.29) is 5.91 Å². The van der Waals surface area contributed by atoms with Gasteiger partial charge in [0.1, 0.15) is 11.4 Å². The molecule has 5 rings (SSSR count). The number of amides is 1. The molecule has 39 heavy (non-hydrogen) atoms. The molecular weight excluding hydrogens is 543 g/mol. The molecule has 4 heterocycles. The van der Waals surface area contributed by atoms with E-state index in [0.717, 1.165) is 50.5 Å². The predicted molar refractivity (Wildman–Crippen MR) is 139 cm³/mol. The number of rotatable bonds is 5. The van der Waals surface area contributed by atoms with Crippen molar-refractivity contribution in [1.82, 2.24) is 19.9 Å². The highest BCUT2D eigenvalue weighted by atomic mass is 35.5. The molecule has 3 aromatic rings. The van der Waals surface area contributed by atoms with Crippen LogP contribution in [-0.2, 0) is 9.53 Å². The average molecular weight is 570 g/mol. The number of halogens is 4. The number of fused-ring (bicyclic) bond motifs is 1. The number of nitrogens with one attached hydrogen (secondary N) is 3. The molecule has 0 bridgehead atoms. The molecule has 210 valence electrons. The maximum atomic E-state index is 13.0. The van der Waals surface area contributed by atoms with Crippen molar-refractivity contribution >= 4 is 46.3 Å². The lowest BCUT2D eigenvalue weighted by Gasteiger charge is -2.29. The highest BCUT2D eigenvalue weighted by Gasteiger charge is 2.38. The second-order valence-corrected chi connectivity index (χ2v) is 9.25. The largest absolute Gasteiger partial charge is 0.490 e. The van der Waals surface area contributed by atoms with Gasteiger partial charge in [-0.1, -0.05) is 11.6 Å². The van der Waals surface area contributed by atoms with E-state index in [1.165, 1.54) is 6.20 Å². The number of hydrogen-bond donors (Lipinski definition) is 4. The van der Waals surface area contributed by atoms with Gasteiger partial charge in [0.15, 0.2) is 5.65 Å². The quantitative estimate of drug-likeness (QED) is 0.365. The fraction of sp³-hybridized carbons (Fsp3) is 0.417. The molecule has 2 aliphatic rings. The Balaban J connectivity index is 0.000000448. The van der Waals surface area contributed by atoms with Crippen LogP contribution in [0, 0.1) is 0 Å². The van der Waals surface area contributed by atoms with E-state index in [4.69, 9.17) is 26.2 Å². The molecule has 11 nitrogen and oxygen atoms in total. The van der Waals surface area contributed by atoms with Gasteiger partial charge in [-0.25, -0.2) is 14.3 Å². The third-order valence-electron chi connectivity index (χ3n) is 6.08. The lowest BCUT2D eigenvalue weighted by Crippen LogP contribution is -2.38. The smallest absolute Gasteiger partial charge is 0.475 e. The summed E-state index contributed by atoms with van der Waals surface area (Å²) in [5.74, 6) is -2.33. The SMILES string of the molecule is O=C(Nc1ccc(N2CCOCC2)cc1Cl)c1cnn2ccc(N[C@@H]3CCCNC3)nc12.O=C(O)C(F)(F)F. The fourth-order valence-corrected chi connectivity index (χ4v) is 4.33. The minimum Gasteiger partial charge on any atom is -0.475 e. The Kier molecular flexibility index (Phi) is 9.09. The number of carbonyl (C=O) groups excluding carboxylic acids is 1. The van der Waals surface area contributed by atoms with Crippen molar-refractivity contribution in [2.45, 2.75) is 25.1 Å². The van der Waals surface area contributed by atoms with Crippen molar-refractivity contribution < 1.29 is 32.6 Å². The van der Waals surface area contributed by atoms with E-state index in [1.54, 1.807) is 4.52 Å². The summed E-state index contributed by atoms with van der Waals surface area (Å²) < 4.78 is 38.7. The van der Waals surface area contributed by atoms with Gasteiger partial charge in [-0.15, -0.1) is 0 Å². The van der Waals surface area contributed by atoms with Crippen molar-refractivity contribution in [1.29, 1.82) is 0 Å². The molecule has 0 saturated carbocycles. The second kappa shape index (κ2) is 12.5. The van der Waals surface area contributed by atoms with Crippen LogP contribution in [0.3, 0.4) is 0 Å². The maximum Gasteiger partial charge on any atom is 0.490 e. The van der Waals surface area contributed by atoms with Gasteiger partial charge in [0, 0.05) is 37.6 Å². The number of piperidine rings is 1. The molecule has 0 unspecified atom stereocenters. The Morgan fingerprint density at radius 2 is 1.95 bits per heavy atom. The summed E-state index contributed by atoms with van der Waals surface area (Å²) in [7, 11) is 0. The Morgan fingerprint density at radius 1 is 1.21 bits per heavy atom. The first-order valence-corrected chi connectivity index (χ1v) is 12.5. The van der Waals surface area contributed by atoms with Crippen molar-refractivity contribution in [2.24, 2.45) is 0 Å². The van der Waals surface area contributed by atoms with E-state index in [0.29, 0.717) is 41.2 Å². The van der Waals surface area contributed by atoms with Crippen molar-refractivity contribution in [3.8, 4) is 0 Å². The van der Waals surface area contributed by atoms with Gasteiger partial charge >= 0.3 is 12.1 Å². The third kappa shape index (κ3) is 7.49. The van der Waals surface area contributed by atoms with E-state index in [2.05, 4.69) is 30.9 Å². The van der Waals surface area contributed by atoms with Gasteiger partial charge in [0.25, 0.3) is 5.91 Å².